The Kier molecular flexibility index (Phi) is 5.66. The van der Waals surface area contributed by atoms with Crippen LogP contribution in [-0.2, 0) is 0 Å². The van der Waals surface area contributed by atoms with Gasteiger partial charge in [0.25, 0.3) is 5.95 Å². The first kappa shape index (κ1) is 26.3. The summed E-state index contributed by atoms with van der Waals surface area (Å²) in [7, 11) is 0. The zero-order valence-electron chi connectivity index (χ0n) is 29.2. The largest absolute Gasteiger partial charge is 0.251 e. The second-order valence-electron chi connectivity index (χ2n) is 12.8. The lowest BCUT2D eigenvalue weighted by Gasteiger charge is -2.43. The molecular formula is C46H28N4S. The Morgan fingerprint density at radius 1 is 0.529 bits per heavy atom. The van der Waals surface area contributed by atoms with Crippen LogP contribution in [0.1, 0.15) is 2.74 Å². The Balaban J connectivity index is 1.38. The SMILES string of the molecule is [2H]c1ccc(N2c3ccc4ccccc4c3-c3c(c4sc5ccccc5c4c4ccccc34)N2c2nc(-c3ccccc3)c3ccccc3n2)c([2H])c1. The van der Waals surface area contributed by atoms with Crippen molar-refractivity contribution in [2.75, 3.05) is 10.0 Å². The molecule has 0 saturated carbocycles. The van der Waals surface area contributed by atoms with Gasteiger partial charge in [-0.1, -0.05) is 140 Å². The van der Waals surface area contributed by atoms with Gasteiger partial charge in [-0.2, -0.15) is 0 Å². The van der Waals surface area contributed by atoms with Gasteiger partial charge in [0.15, 0.2) is 0 Å². The summed E-state index contributed by atoms with van der Waals surface area (Å²) >= 11 is 1.78. The quantitative estimate of drug-likeness (QED) is 0.187. The van der Waals surface area contributed by atoms with Crippen LogP contribution in [0.15, 0.2) is 170 Å². The van der Waals surface area contributed by atoms with Crippen molar-refractivity contribution in [1.82, 2.24) is 9.97 Å². The molecule has 0 amide bonds. The van der Waals surface area contributed by atoms with Gasteiger partial charge in [0, 0.05) is 37.5 Å². The number of para-hydroxylation sites is 2. The lowest BCUT2D eigenvalue weighted by molar-refractivity contribution is 0.933. The highest BCUT2D eigenvalue weighted by atomic mass is 32.1. The summed E-state index contributed by atoms with van der Waals surface area (Å²) in [5, 5.41) is 12.2. The van der Waals surface area contributed by atoms with Crippen LogP contribution in [0.5, 0.6) is 0 Å². The Morgan fingerprint density at radius 3 is 2.12 bits per heavy atom. The number of nitrogens with zero attached hydrogens (tertiary/aromatic N) is 4. The van der Waals surface area contributed by atoms with Gasteiger partial charge in [-0.3, -0.25) is 0 Å². The molecule has 1 aliphatic heterocycles. The predicted molar refractivity (Wildman–Crippen MR) is 215 cm³/mol. The van der Waals surface area contributed by atoms with Crippen LogP contribution in [0.25, 0.3) is 75.0 Å². The van der Waals surface area contributed by atoms with Gasteiger partial charge in [0.05, 0.1) is 35.7 Å². The van der Waals surface area contributed by atoms with Crippen molar-refractivity contribution in [1.29, 1.82) is 0 Å². The monoisotopic (exact) mass is 670 g/mol. The first-order valence-corrected chi connectivity index (χ1v) is 17.8. The number of benzene rings is 8. The molecule has 3 heterocycles. The fourth-order valence-electron chi connectivity index (χ4n) is 7.87. The van der Waals surface area contributed by atoms with Gasteiger partial charge < -0.3 is 0 Å². The summed E-state index contributed by atoms with van der Waals surface area (Å²) < 4.78 is 20.1. The average Bonchev–Trinajstić information content (AvgIpc) is 3.60. The third kappa shape index (κ3) is 4.13. The molecule has 0 bridgehead atoms. The fourth-order valence-corrected chi connectivity index (χ4v) is 9.13. The number of hydrogen-bond donors (Lipinski definition) is 0. The number of hydrazine groups is 1. The molecule has 0 spiro atoms. The predicted octanol–water partition coefficient (Wildman–Crippen LogP) is 12.8. The summed E-state index contributed by atoms with van der Waals surface area (Å²) in [6.45, 7) is 0. The van der Waals surface area contributed by atoms with E-state index in [2.05, 4.69) is 113 Å². The minimum Gasteiger partial charge on any atom is -0.246 e. The molecule has 51 heavy (non-hydrogen) atoms. The van der Waals surface area contributed by atoms with Crippen LogP contribution in [0.4, 0.5) is 23.0 Å². The normalized spacial score (nSPS) is 13.2. The molecule has 0 saturated heterocycles. The molecule has 0 N–H and O–H groups in total. The van der Waals surface area contributed by atoms with Gasteiger partial charge in [-0.15, -0.1) is 11.3 Å². The van der Waals surface area contributed by atoms with E-state index in [0.29, 0.717) is 11.6 Å². The average molecular weight is 671 g/mol. The van der Waals surface area contributed by atoms with Crippen LogP contribution >= 0.6 is 11.3 Å². The number of anilines is 4. The molecule has 238 valence electrons. The van der Waals surface area contributed by atoms with E-state index >= 15 is 0 Å². The molecule has 8 aromatic carbocycles. The topological polar surface area (TPSA) is 32.3 Å². The molecule has 4 nitrogen and oxygen atoms in total. The summed E-state index contributed by atoms with van der Waals surface area (Å²) in [6.07, 6.45) is 0. The Hall–Kier alpha value is -6.56. The van der Waals surface area contributed by atoms with E-state index in [1.807, 2.05) is 42.5 Å². The summed E-state index contributed by atoms with van der Waals surface area (Å²) in [5.74, 6) is 0.492. The van der Waals surface area contributed by atoms with E-state index in [1.54, 1.807) is 23.5 Å². The standard InChI is InChI=1S/C46H28N4S/c1-3-16-30(17-4-1)43-35-23-11-13-25-37(35)47-46(48-43)50-44-42(34-22-10-9-21-33(34)40-36-24-12-14-26-39(36)51-45(40)44)41-32-20-8-7-15-29(32)27-28-38(41)49(50)31-18-5-2-6-19-31/h1-28H/i2D,18D. The third-order valence-corrected chi connectivity index (χ3v) is 11.2. The maximum atomic E-state index is 9.35. The van der Waals surface area contributed by atoms with Gasteiger partial charge >= 0.3 is 0 Å². The Morgan fingerprint density at radius 2 is 1.25 bits per heavy atom. The third-order valence-electron chi connectivity index (χ3n) is 10.0. The number of aromatic nitrogens is 2. The van der Waals surface area contributed by atoms with E-state index in [4.69, 9.17) is 11.3 Å². The zero-order chi connectivity index (χ0) is 35.2. The van der Waals surface area contributed by atoms with Crippen LogP contribution in [0.3, 0.4) is 0 Å². The fraction of sp³-hybridized carbons (Fsp3) is 0. The molecule has 0 aliphatic carbocycles. The van der Waals surface area contributed by atoms with E-state index in [0.717, 1.165) is 65.5 Å². The lowest BCUT2D eigenvalue weighted by Crippen LogP contribution is -2.40. The molecule has 1 aliphatic rings. The maximum Gasteiger partial charge on any atom is 0.251 e. The van der Waals surface area contributed by atoms with Crippen molar-refractivity contribution >= 4 is 87.0 Å². The molecule has 10 aromatic rings. The molecule has 2 aromatic heterocycles. The van der Waals surface area contributed by atoms with Crippen LogP contribution in [0, 0.1) is 0 Å². The van der Waals surface area contributed by atoms with E-state index < -0.39 is 0 Å². The number of rotatable bonds is 3. The van der Waals surface area contributed by atoms with Crippen molar-refractivity contribution in [3.8, 4) is 22.4 Å². The highest BCUT2D eigenvalue weighted by Gasteiger charge is 2.38. The molecular weight excluding hydrogens is 641 g/mol. The summed E-state index contributed by atoms with van der Waals surface area (Å²) in [6, 6.07) is 54.5. The van der Waals surface area contributed by atoms with Crippen LogP contribution in [0.2, 0.25) is 0 Å². The van der Waals surface area contributed by atoms with Gasteiger partial charge in [0.1, 0.15) is 0 Å². The second kappa shape index (κ2) is 11.0. The van der Waals surface area contributed by atoms with Crippen LogP contribution in [-0.4, -0.2) is 9.97 Å². The molecule has 0 radical (unpaired) electrons. The summed E-state index contributed by atoms with van der Waals surface area (Å²) in [4.78, 5) is 10.8. The molecule has 11 rings (SSSR count). The van der Waals surface area contributed by atoms with Crippen molar-refractivity contribution in [3.63, 3.8) is 0 Å². The summed E-state index contributed by atoms with van der Waals surface area (Å²) in [5.41, 5.74) is 7.34. The zero-order valence-corrected chi connectivity index (χ0v) is 28.0. The molecule has 5 heteroatoms. The maximum absolute atomic E-state index is 9.35. The van der Waals surface area contributed by atoms with Gasteiger partial charge in [-0.25, -0.2) is 20.0 Å². The first-order valence-electron chi connectivity index (χ1n) is 18.0. The smallest absolute Gasteiger partial charge is 0.246 e. The Bertz CT molecular complexity index is 3120. The van der Waals surface area contributed by atoms with Crippen molar-refractivity contribution in [3.05, 3.63) is 170 Å². The van der Waals surface area contributed by atoms with E-state index in [9.17, 15) is 1.37 Å². The van der Waals surface area contributed by atoms with Gasteiger partial charge in [-0.05, 0) is 51.9 Å². The lowest BCUT2D eigenvalue weighted by atomic mass is 9.87. The molecule has 0 unspecified atom stereocenters. The van der Waals surface area contributed by atoms with Crippen molar-refractivity contribution < 1.29 is 2.74 Å². The number of thiophene rings is 1. The van der Waals surface area contributed by atoms with Crippen molar-refractivity contribution in [2.24, 2.45) is 0 Å². The minimum absolute atomic E-state index is 0.238. The van der Waals surface area contributed by atoms with E-state index in [1.165, 1.54) is 20.9 Å². The van der Waals surface area contributed by atoms with Crippen LogP contribution < -0.4 is 10.0 Å². The van der Waals surface area contributed by atoms with E-state index in [-0.39, 0.29) is 12.1 Å². The Labute approximate surface area is 300 Å². The minimum atomic E-state index is 0.238. The molecule has 0 atom stereocenters. The highest BCUT2D eigenvalue weighted by molar-refractivity contribution is 7.26. The number of fused-ring (bicyclic) bond motifs is 13. The number of hydrogen-bond acceptors (Lipinski definition) is 5. The van der Waals surface area contributed by atoms with Gasteiger partial charge in [0.2, 0.25) is 0 Å². The van der Waals surface area contributed by atoms with Crippen molar-refractivity contribution in [2.45, 2.75) is 0 Å². The molecule has 0 fully saturated rings. The first-order chi connectivity index (χ1) is 26.1. The second-order valence-corrected chi connectivity index (χ2v) is 13.9. The highest BCUT2D eigenvalue weighted by Crippen LogP contribution is 2.58.